The first kappa shape index (κ1) is 19.9. The van der Waals surface area contributed by atoms with Crippen molar-refractivity contribution in [2.75, 3.05) is 19.5 Å². The van der Waals surface area contributed by atoms with E-state index in [9.17, 15) is 9.90 Å². The van der Waals surface area contributed by atoms with E-state index in [0.29, 0.717) is 22.7 Å². The molecule has 0 aliphatic carbocycles. The number of rotatable bonds is 7. The highest BCUT2D eigenvalue weighted by atomic mass is 32.1. The Morgan fingerprint density at radius 3 is 2.97 bits per heavy atom. The molecule has 3 aromatic heterocycles. The van der Waals surface area contributed by atoms with Gasteiger partial charge >= 0.3 is 0 Å². The molecular formula is C21H21N5O3S. The third kappa shape index (κ3) is 4.12. The van der Waals surface area contributed by atoms with Crippen molar-refractivity contribution in [2.45, 2.75) is 12.5 Å². The first-order chi connectivity index (χ1) is 14.6. The number of aliphatic hydroxyl groups excluding tert-OH is 1. The number of pyridine rings is 1. The van der Waals surface area contributed by atoms with E-state index in [1.54, 1.807) is 11.6 Å². The number of carbonyl (C=O) groups is 1. The maximum Gasteiger partial charge on any atom is 0.261 e. The van der Waals surface area contributed by atoms with Crippen molar-refractivity contribution in [3.8, 4) is 16.9 Å². The van der Waals surface area contributed by atoms with E-state index in [4.69, 9.17) is 10.5 Å². The molecule has 0 saturated carbocycles. The van der Waals surface area contributed by atoms with Gasteiger partial charge in [0.2, 0.25) is 5.95 Å². The van der Waals surface area contributed by atoms with E-state index in [1.807, 2.05) is 54.0 Å². The molecule has 1 amide bonds. The van der Waals surface area contributed by atoms with Crippen molar-refractivity contribution < 1.29 is 14.6 Å². The third-order valence-corrected chi connectivity index (χ3v) is 5.65. The first-order valence-corrected chi connectivity index (χ1v) is 10.2. The van der Waals surface area contributed by atoms with Crippen LogP contribution in [0.15, 0.2) is 54.0 Å². The Morgan fingerprint density at radius 2 is 2.17 bits per heavy atom. The van der Waals surface area contributed by atoms with Crippen LogP contribution in [0.4, 0.5) is 5.95 Å². The molecule has 3 heterocycles. The van der Waals surface area contributed by atoms with Gasteiger partial charge in [0.15, 0.2) is 5.65 Å². The minimum atomic E-state index is -0.322. The number of aliphatic hydroxyl groups is 1. The number of hydrogen-bond donors (Lipinski definition) is 3. The number of nitrogens with one attached hydrogen (secondary N) is 1. The molecule has 0 fully saturated rings. The molecule has 1 atom stereocenters. The van der Waals surface area contributed by atoms with Crippen molar-refractivity contribution in [1.29, 1.82) is 0 Å². The molecule has 0 saturated heterocycles. The van der Waals surface area contributed by atoms with Gasteiger partial charge in [-0.2, -0.15) is 4.98 Å². The molecule has 8 nitrogen and oxygen atoms in total. The minimum absolute atomic E-state index is 0.0428. The molecule has 4 N–H and O–H groups in total. The summed E-state index contributed by atoms with van der Waals surface area (Å²) < 4.78 is 6.88. The zero-order valence-electron chi connectivity index (χ0n) is 16.3. The van der Waals surface area contributed by atoms with Crippen molar-refractivity contribution in [3.05, 3.63) is 64.5 Å². The highest BCUT2D eigenvalue weighted by Gasteiger charge is 2.18. The molecule has 30 heavy (non-hydrogen) atoms. The molecule has 1 aromatic carbocycles. The predicted octanol–water partition coefficient (Wildman–Crippen LogP) is 2.90. The van der Waals surface area contributed by atoms with Crippen LogP contribution in [-0.4, -0.2) is 39.3 Å². The fourth-order valence-corrected chi connectivity index (χ4v) is 4.04. The number of nitrogens with two attached hydrogens (primary N) is 1. The number of carbonyl (C=O) groups excluding carboxylic acids is 1. The number of nitrogens with zero attached hydrogens (tertiary/aromatic N) is 3. The van der Waals surface area contributed by atoms with Crippen LogP contribution >= 0.6 is 11.3 Å². The largest absolute Gasteiger partial charge is 0.497 e. The molecular weight excluding hydrogens is 402 g/mol. The van der Waals surface area contributed by atoms with Gasteiger partial charge in [-0.25, -0.2) is 4.52 Å². The predicted molar refractivity (Wildman–Crippen MR) is 116 cm³/mol. The second-order valence-corrected chi connectivity index (χ2v) is 7.62. The molecule has 9 heteroatoms. The number of methoxy groups -OCH3 is 1. The maximum absolute atomic E-state index is 12.9. The van der Waals surface area contributed by atoms with Crippen LogP contribution in [0.5, 0.6) is 5.75 Å². The Morgan fingerprint density at radius 1 is 1.30 bits per heavy atom. The number of fused-ring (bicyclic) bond motifs is 1. The number of aromatic nitrogens is 3. The highest BCUT2D eigenvalue weighted by Crippen LogP contribution is 2.27. The normalized spacial score (nSPS) is 12.1. The van der Waals surface area contributed by atoms with Crippen LogP contribution in [0, 0.1) is 0 Å². The smallest absolute Gasteiger partial charge is 0.261 e. The van der Waals surface area contributed by atoms with Gasteiger partial charge in [-0.15, -0.1) is 16.4 Å². The minimum Gasteiger partial charge on any atom is -0.497 e. The maximum atomic E-state index is 12.9. The monoisotopic (exact) mass is 423 g/mol. The molecule has 1 unspecified atom stereocenters. The zero-order chi connectivity index (χ0) is 21.1. The van der Waals surface area contributed by atoms with Gasteiger partial charge in [-0.05, 0) is 53.3 Å². The molecule has 0 aliphatic heterocycles. The second kappa shape index (κ2) is 8.52. The lowest BCUT2D eigenvalue weighted by Gasteiger charge is -2.18. The molecule has 0 radical (unpaired) electrons. The van der Waals surface area contributed by atoms with E-state index < -0.39 is 0 Å². The Balaban J connectivity index is 1.54. The number of nitrogen functional groups attached to an aromatic ring is 1. The van der Waals surface area contributed by atoms with Crippen LogP contribution < -0.4 is 15.8 Å². The summed E-state index contributed by atoms with van der Waals surface area (Å²) in [6, 6.07) is 12.7. The molecule has 0 bridgehead atoms. The van der Waals surface area contributed by atoms with E-state index in [1.165, 1.54) is 11.3 Å². The van der Waals surface area contributed by atoms with Gasteiger partial charge in [0.25, 0.3) is 5.91 Å². The van der Waals surface area contributed by atoms with Gasteiger partial charge in [0.05, 0.1) is 18.0 Å². The van der Waals surface area contributed by atoms with E-state index in [-0.39, 0.29) is 24.5 Å². The van der Waals surface area contributed by atoms with Gasteiger partial charge in [0, 0.05) is 18.4 Å². The van der Waals surface area contributed by atoms with E-state index in [2.05, 4.69) is 15.4 Å². The standard InChI is InChI=1S/C21H21N5O3S/c1-29-16-4-2-3-13(9-16)17(7-8-27)23-20(28)18-10-15(12-30-18)14-5-6-19-24-21(22)25-26(19)11-14/h2-6,9-12,17,27H,7-8H2,1H3,(H2,22,25)(H,23,28). The van der Waals surface area contributed by atoms with Gasteiger partial charge in [-0.3, -0.25) is 4.79 Å². The first-order valence-electron chi connectivity index (χ1n) is 9.34. The molecule has 4 aromatic rings. The lowest BCUT2D eigenvalue weighted by molar-refractivity contribution is 0.0934. The van der Waals surface area contributed by atoms with Crippen LogP contribution in [-0.2, 0) is 0 Å². The number of ether oxygens (including phenoxy) is 1. The quantitative estimate of drug-likeness (QED) is 0.421. The summed E-state index contributed by atoms with van der Waals surface area (Å²) in [4.78, 5) is 17.5. The Kier molecular flexibility index (Phi) is 5.64. The summed E-state index contributed by atoms with van der Waals surface area (Å²) in [6.45, 7) is -0.0428. The Hall–Kier alpha value is -3.43. The summed E-state index contributed by atoms with van der Waals surface area (Å²) in [6.07, 6.45) is 2.23. The van der Waals surface area contributed by atoms with Crippen LogP contribution in [0.3, 0.4) is 0 Å². The second-order valence-electron chi connectivity index (χ2n) is 6.71. The van der Waals surface area contributed by atoms with Crippen LogP contribution in [0.2, 0.25) is 0 Å². The number of hydrogen-bond acceptors (Lipinski definition) is 7. The third-order valence-electron chi connectivity index (χ3n) is 4.72. The van der Waals surface area contributed by atoms with Gasteiger partial charge in [-0.1, -0.05) is 12.1 Å². The van der Waals surface area contributed by atoms with Crippen LogP contribution in [0.25, 0.3) is 16.8 Å². The molecule has 4 rings (SSSR count). The average Bonchev–Trinajstić information content (AvgIpc) is 3.39. The summed E-state index contributed by atoms with van der Waals surface area (Å²) in [5.74, 6) is 0.718. The number of thiophene rings is 1. The van der Waals surface area contributed by atoms with Gasteiger partial charge < -0.3 is 20.9 Å². The van der Waals surface area contributed by atoms with Crippen molar-refractivity contribution >= 4 is 28.8 Å². The van der Waals surface area contributed by atoms with Gasteiger partial charge in [0.1, 0.15) is 5.75 Å². The summed E-state index contributed by atoms with van der Waals surface area (Å²) >= 11 is 1.36. The Labute approximate surface area is 176 Å². The average molecular weight is 423 g/mol. The summed E-state index contributed by atoms with van der Waals surface area (Å²) in [5, 5.41) is 18.5. The topological polar surface area (TPSA) is 115 Å². The molecule has 0 spiro atoms. The Bertz CT molecular complexity index is 1190. The van der Waals surface area contributed by atoms with Crippen molar-refractivity contribution in [2.24, 2.45) is 0 Å². The number of amides is 1. The fraction of sp³-hybridized carbons (Fsp3) is 0.190. The summed E-state index contributed by atoms with van der Waals surface area (Å²) in [5.41, 5.74) is 8.99. The lowest BCUT2D eigenvalue weighted by Crippen LogP contribution is -2.28. The number of benzene rings is 1. The van der Waals surface area contributed by atoms with Crippen molar-refractivity contribution in [1.82, 2.24) is 19.9 Å². The van der Waals surface area contributed by atoms with E-state index >= 15 is 0 Å². The van der Waals surface area contributed by atoms with Crippen molar-refractivity contribution in [3.63, 3.8) is 0 Å². The zero-order valence-corrected chi connectivity index (χ0v) is 17.1. The fourth-order valence-electron chi connectivity index (χ4n) is 3.22. The summed E-state index contributed by atoms with van der Waals surface area (Å²) in [7, 11) is 1.59. The molecule has 0 aliphatic rings. The SMILES string of the molecule is COc1cccc(C(CCO)NC(=O)c2cc(-c3ccc4nc(N)nn4c3)cs2)c1. The van der Waals surface area contributed by atoms with Crippen LogP contribution in [0.1, 0.15) is 27.7 Å². The lowest BCUT2D eigenvalue weighted by atomic mass is 10.0. The van der Waals surface area contributed by atoms with E-state index in [0.717, 1.165) is 16.7 Å². The number of anilines is 1. The molecule has 154 valence electrons. The highest BCUT2D eigenvalue weighted by molar-refractivity contribution is 7.12.